The van der Waals surface area contributed by atoms with Gasteiger partial charge in [0.2, 0.25) is 11.8 Å². The van der Waals surface area contributed by atoms with Gasteiger partial charge in [-0.2, -0.15) is 11.8 Å². The van der Waals surface area contributed by atoms with Crippen LogP contribution in [0.3, 0.4) is 0 Å². The van der Waals surface area contributed by atoms with E-state index >= 15 is 0 Å². The summed E-state index contributed by atoms with van der Waals surface area (Å²) < 4.78 is 0. The van der Waals surface area contributed by atoms with E-state index in [0.717, 1.165) is 25.0 Å². The Morgan fingerprint density at radius 2 is 2.19 bits per heavy atom. The van der Waals surface area contributed by atoms with Crippen LogP contribution in [0, 0.1) is 11.8 Å². The number of thioether (sulfide) groups is 1. The van der Waals surface area contributed by atoms with Crippen LogP contribution in [0.1, 0.15) is 26.2 Å². The van der Waals surface area contributed by atoms with Crippen molar-refractivity contribution in [3.8, 4) is 0 Å². The van der Waals surface area contributed by atoms with E-state index in [1.165, 1.54) is 0 Å². The average Bonchev–Trinajstić information content (AvgIpc) is 2.66. The van der Waals surface area contributed by atoms with Gasteiger partial charge in [0.25, 0.3) is 0 Å². The minimum absolute atomic E-state index is 0.0101. The Balaban J connectivity index is 2.47. The fourth-order valence-electron chi connectivity index (χ4n) is 2.12. The summed E-state index contributed by atoms with van der Waals surface area (Å²) in [5.41, 5.74) is 5.30. The average molecular weight is 244 g/mol. The third-order valence-corrected chi connectivity index (χ3v) is 3.91. The normalized spacial score (nSPS) is 26.4. The largest absolute Gasteiger partial charge is 0.369 e. The molecule has 0 radical (unpaired) electrons. The molecule has 0 saturated heterocycles. The van der Waals surface area contributed by atoms with Crippen LogP contribution in [0.15, 0.2) is 0 Å². The molecule has 0 aromatic heterocycles. The second-order valence-corrected chi connectivity index (χ2v) is 5.32. The van der Waals surface area contributed by atoms with Crippen molar-refractivity contribution in [1.82, 2.24) is 5.32 Å². The smallest absolute Gasteiger partial charge is 0.223 e. The van der Waals surface area contributed by atoms with Crippen molar-refractivity contribution < 1.29 is 9.59 Å². The molecule has 0 spiro atoms. The number of carbonyl (C=O) groups excluding carboxylic acids is 2. The van der Waals surface area contributed by atoms with Crippen LogP contribution >= 0.6 is 11.8 Å². The van der Waals surface area contributed by atoms with Crippen molar-refractivity contribution in [3.63, 3.8) is 0 Å². The summed E-state index contributed by atoms with van der Waals surface area (Å²) in [6.45, 7) is 1.90. The topological polar surface area (TPSA) is 72.2 Å². The van der Waals surface area contributed by atoms with Crippen molar-refractivity contribution in [2.75, 3.05) is 12.0 Å². The molecule has 3 atom stereocenters. The molecule has 0 aromatic carbocycles. The number of primary amides is 1. The van der Waals surface area contributed by atoms with Crippen LogP contribution < -0.4 is 11.1 Å². The van der Waals surface area contributed by atoms with Gasteiger partial charge in [-0.3, -0.25) is 9.59 Å². The minimum Gasteiger partial charge on any atom is -0.369 e. The summed E-state index contributed by atoms with van der Waals surface area (Å²) in [4.78, 5) is 22.9. The summed E-state index contributed by atoms with van der Waals surface area (Å²) in [6, 6.07) is -0.0469. The molecule has 92 valence electrons. The van der Waals surface area contributed by atoms with Crippen molar-refractivity contribution in [3.05, 3.63) is 0 Å². The van der Waals surface area contributed by atoms with E-state index in [9.17, 15) is 9.59 Å². The highest BCUT2D eigenvalue weighted by Gasteiger charge is 2.33. The third-order valence-electron chi connectivity index (χ3n) is 3.07. The van der Waals surface area contributed by atoms with E-state index in [1.807, 2.05) is 13.2 Å². The van der Waals surface area contributed by atoms with Gasteiger partial charge in [0.05, 0.1) is 5.92 Å². The van der Waals surface area contributed by atoms with Crippen LogP contribution in [0.5, 0.6) is 0 Å². The molecule has 0 unspecified atom stereocenters. The zero-order valence-corrected chi connectivity index (χ0v) is 10.7. The Labute approximate surface area is 101 Å². The first-order valence-corrected chi connectivity index (χ1v) is 7.04. The van der Waals surface area contributed by atoms with Crippen molar-refractivity contribution in [2.24, 2.45) is 17.6 Å². The van der Waals surface area contributed by atoms with Gasteiger partial charge in [0.1, 0.15) is 0 Å². The Kier molecular flexibility index (Phi) is 5.12. The maximum Gasteiger partial charge on any atom is 0.223 e. The van der Waals surface area contributed by atoms with Gasteiger partial charge in [-0.05, 0) is 19.1 Å². The maximum absolute atomic E-state index is 11.8. The molecule has 16 heavy (non-hydrogen) atoms. The second kappa shape index (κ2) is 6.13. The molecule has 1 aliphatic carbocycles. The zero-order chi connectivity index (χ0) is 12.1. The highest BCUT2D eigenvalue weighted by atomic mass is 32.2. The molecule has 3 N–H and O–H groups in total. The summed E-state index contributed by atoms with van der Waals surface area (Å²) in [5, 5.41) is 2.94. The Bertz CT molecular complexity index is 271. The van der Waals surface area contributed by atoms with Crippen molar-refractivity contribution in [2.45, 2.75) is 32.2 Å². The number of carbonyl (C=O) groups is 2. The fraction of sp³-hybridized carbons (Fsp3) is 0.818. The number of hydrogen-bond donors (Lipinski definition) is 2. The van der Waals surface area contributed by atoms with E-state index < -0.39 is 0 Å². The molecular weight excluding hydrogens is 224 g/mol. The predicted molar refractivity (Wildman–Crippen MR) is 66.0 cm³/mol. The van der Waals surface area contributed by atoms with Gasteiger partial charge < -0.3 is 11.1 Å². The lowest BCUT2D eigenvalue weighted by Gasteiger charge is -2.20. The highest BCUT2D eigenvalue weighted by Crippen LogP contribution is 2.25. The molecule has 4 nitrogen and oxygen atoms in total. The second-order valence-electron chi connectivity index (χ2n) is 4.41. The molecule has 5 heteroatoms. The first-order chi connectivity index (χ1) is 7.56. The highest BCUT2D eigenvalue weighted by molar-refractivity contribution is 7.98. The summed E-state index contributed by atoms with van der Waals surface area (Å²) in [5.74, 6) is 0.363. The first-order valence-electron chi connectivity index (χ1n) is 5.65. The quantitative estimate of drug-likeness (QED) is 0.750. The van der Waals surface area contributed by atoms with E-state index in [-0.39, 0.29) is 29.7 Å². The van der Waals surface area contributed by atoms with Gasteiger partial charge in [0.15, 0.2) is 0 Å². The summed E-state index contributed by atoms with van der Waals surface area (Å²) in [6.07, 6.45) is 4.61. The number of amides is 2. The molecule has 0 aromatic rings. The summed E-state index contributed by atoms with van der Waals surface area (Å²) in [7, 11) is 0. The number of hydrogen-bond acceptors (Lipinski definition) is 3. The van der Waals surface area contributed by atoms with Crippen molar-refractivity contribution >= 4 is 23.6 Å². The molecule has 0 heterocycles. The number of nitrogens with two attached hydrogens (primary N) is 1. The lowest BCUT2D eigenvalue weighted by Crippen LogP contribution is -2.44. The van der Waals surface area contributed by atoms with Crippen LogP contribution in [-0.2, 0) is 9.59 Å². The van der Waals surface area contributed by atoms with Gasteiger partial charge >= 0.3 is 0 Å². The molecule has 2 amide bonds. The zero-order valence-electron chi connectivity index (χ0n) is 9.86. The number of nitrogens with one attached hydrogen (secondary N) is 1. The Morgan fingerprint density at radius 1 is 1.50 bits per heavy atom. The van der Waals surface area contributed by atoms with E-state index in [2.05, 4.69) is 5.32 Å². The first kappa shape index (κ1) is 13.4. The minimum atomic E-state index is -0.291. The molecular formula is C11H20N2O2S. The molecule has 1 rings (SSSR count). The maximum atomic E-state index is 11.8. The van der Waals surface area contributed by atoms with E-state index in [4.69, 9.17) is 5.73 Å². The van der Waals surface area contributed by atoms with Gasteiger partial charge in [-0.25, -0.2) is 0 Å². The number of rotatable bonds is 5. The predicted octanol–water partition coefficient (Wildman–Crippen LogP) is 0.756. The van der Waals surface area contributed by atoms with Crippen LogP contribution in [-0.4, -0.2) is 29.9 Å². The van der Waals surface area contributed by atoms with Crippen LogP contribution in [0.4, 0.5) is 0 Å². The lowest BCUT2D eigenvalue weighted by atomic mass is 10.0. The lowest BCUT2D eigenvalue weighted by molar-refractivity contribution is -0.126. The summed E-state index contributed by atoms with van der Waals surface area (Å²) >= 11 is 1.65. The van der Waals surface area contributed by atoms with E-state index in [1.54, 1.807) is 11.8 Å². The molecule has 1 aliphatic rings. The molecule has 0 bridgehead atoms. The Hall–Kier alpha value is -0.710. The molecule has 1 saturated carbocycles. The Morgan fingerprint density at radius 3 is 2.75 bits per heavy atom. The monoisotopic (exact) mass is 244 g/mol. The van der Waals surface area contributed by atoms with E-state index in [0.29, 0.717) is 0 Å². The van der Waals surface area contributed by atoms with Gasteiger partial charge in [-0.1, -0.05) is 13.3 Å². The fourth-order valence-corrected chi connectivity index (χ4v) is 2.78. The SMILES string of the molecule is CSC[C@H](C)C(=O)N[C@@H]1CCC[C@@H]1C(N)=O. The van der Waals surface area contributed by atoms with Gasteiger partial charge in [-0.15, -0.1) is 0 Å². The third kappa shape index (κ3) is 3.40. The van der Waals surface area contributed by atoms with Crippen molar-refractivity contribution in [1.29, 1.82) is 0 Å². The van der Waals surface area contributed by atoms with Gasteiger partial charge in [0, 0.05) is 17.7 Å². The van der Waals surface area contributed by atoms with Crippen LogP contribution in [0.2, 0.25) is 0 Å². The molecule has 1 fully saturated rings. The standard InChI is InChI=1S/C11H20N2O2S/c1-7(6-16-2)11(15)13-9-5-3-4-8(9)10(12)14/h7-9H,3-6H2,1-2H3,(H2,12,14)(H,13,15)/t7-,8-,9+/m0/s1. The van der Waals surface area contributed by atoms with Crippen LogP contribution in [0.25, 0.3) is 0 Å². The molecule has 0 aliphatic heterocycles.